The quantitative estimate of drug-likeness (QED) is 0.401. The summed E-state index contributed by atoms with van der Waals surface area (Å²) in [6.07, 6.45) is 6.82. The van der Waals surface area contributed by atoms with Crippen molar-refractivity contribution in [2.24, 2.45) is 7.05 Å². The lowest BCUT2D eigenvalue weighted by molar-refractivity contribution is -0.0909. The molecule has 1 aliphatic carbocycles. The molecule has 0 spiro atoms. The number of aryl methyl sites for hydroxylation is 1. The van der Waals surface area contributed by atoms with Crippen LogP contribution in [0.3, 0.4) is 0 Å². The minimum atomic E-state index is -4.48. The monoisotopic (exact) mass is 524 g/mol. The third-order valence-electron chi connectivity index (χ3n) is 8.02. The summed E-state index contributed by atoms with van der Waals surface area (Å²) < 4.78 is 44.6. The van der Waals surface area contributed by atoms with Crippen molar-refractivity contribution in [1.29, 1.82) is 0 Å². The standard InChI is InChI=1S/C29H35F3N6/c1-5-13-36(6-2)17-22-14-25(29(30,31)32)26-19-37(21(3)38(26)18-22)24-10-7-9-23(15-24)28(11-8-12-28)16-27-34-33-20-35(27)4/h7,9-10,14-15,18-20H,3,5-6,8,11-13,16-17H2,1-2,4H3. The number of aromatic nitrogens is 3. The average Bonchev–Trinajstić information content (AvgIpc) is 3.42. The molecule has 3 heterocycles. The highest BCUT2D eigenvalue weighted by Gasteiger charge is 2.44. The van der Waals surface area contributed by atoms with Crippen LogP contribution in [0.4, 0.5) is 18.9 Å². The summed E-state index contributed by atoms with van der Waals surface area (Å²) in [6, 6.07) is 8.12. The van der Waals surface area contributed by atoms with Crippen molar-refractivity contribution in [3.05, 3.63) is 89.7 Å². The lowest BCUT2D eigenvalue weighted by atomic mass is 9.62. The van der Waals surface area contributed by atoms with Gasteiger partial charge < -0.3 is 14.4 Å². The van der Waals surface area contributed by atoms with Crippen molar-refractivity contribution in [3.8, 4) is 0 Å². The van der Waals surface area contributed by atoms with E-state index in [-0.39, 0.29) is 11.1 Å². The Kier molecular flexibility index (Phi) is 6.98. The zero-order valence-electron chi connectivity index (χ0n) is 22.3. The van der Waals surface area contributed by atoms with Gasteiger partial charge in [-0.3, -0.25) is 4.90 Å². The highest BCUT2D eigenvalue weighted by atomic mass is 19.4. The molecule has 3 aliphatic rings. The highest BCUT2D eigenvalue weighted by molar-refractivity contribution is 5.64. The van der Waals surface area contributed by atoms with E-state index in [9.17, 15) is 13.2 Å². The van der Waals surface area contributed by atoms with Gasteiger partial charge in [0, 0.05) is 43.5 Å². The van der Waals surface area contributed by atoms with Gasteiger partial charge >= 0.3 is 6.18 Å². The van der Waals surface area contributed by atoms with Crippen LogP contribution in [0.2, 0.25) is 0 Å². The maximum Gasteiger partial charge on any atom is 0.418 e. The van der Waals surface area contributed by atoms with Crippen molar-refractivity contribution >= 4 is 5.69 Å². The van der Waals surface area contributed by atoms with E-state index in [0.717, 1.165) is 56.7 Å². The summed E-state index contributed by atoms with van der Waals surface area (Å²) in [5, 5.41) is 8.33. The molecule has 38 heavy (non-hydrogen) atoms. The molecule has 1 aromatic heterocycles. The molecule has 1 fully saturated rings. The van der Waals surface area contributed by atoms with E-state index in [1.807, 2.05) is 30.7 Å². The fourth-order valence-electron chi connectivity index (χ4n) is 5.71. The second-order valence-corrected chi connectivity index (χ2v) is 10.5. The van der Waals surface area contributed by atoms with Crippen LogP contribution in [0.15, 0.2) is 78.3 Å². The van der Waals surface area contributed by atoms with Crippen LogP contribution in [-0.4, -0.2) is 50.4 Å². The molecule has 0 N–H and O–H groups in total. The number of benzene rings is 1. The molecule has 0 atom stereocenters. The number of halogens is 3. The third-order valence-corrected chi connectivity index (χ3v) is 8.02. The number of hydrogen-bond donors (Lipinski definition) is 0. The SMILES string of the molecule is C=C1N2C=C(CN(CC)CCC)C=C(C(F)(F)F)C2=CN1c1cccc(C2(Cc3nncn3C)CCC2)c1. The maximum atomic E-state index is 14.2. The van der Waals surface area contributed by atoms with E-state index in [2.05, 4.69) is 40.7 Å². The Morgan fingerprint density at radius 1 is 1.13 bits per heavy atom. The first-order chi connectivity index (χ1) is 18.1. The van der Waals surface area contributed by atoms with E-state index < -0.39 is 11.7 Å². The number of allylic oxidation sites excluding steroid dienone is 1. The van der Waals surface area contributed by atoms with E-state index >= 15 is 0 Å². The number of alkyl halides is 3. The topological polar surface area (TPSA) is 40.4 Å². The van der Waals surface area contributed by atoms with E-state index in [4.69, 9.17) is 0 Å². The largest absolute Gasteiger partial charge is 0.418 e. The Hall–Kier alpha value is -3.33. The fraction of sp³-hybridized carbons (Fsp3) is 0.448. The van der Waals surface area contributed by atoms with Gasteiger partial charge in [-0.15, -0.1) is 10.2 Å². The molecular formula is C29H35F3N6. The van der Waals surface area contributed by atoms with Gasteiger partial charge in [-0.2, -0.15) is 13.2 Å². The second kappa shape index (κ2) is 10.1. The van der Waals surface area contributed by atoms with Crippen molar-refractivity contribution in [2.45, 2.75) is 57.5 Å². The molecule has 5 rings (SSSR count). The Morgan fingerprint density at radius 2 is 1.92 bits per heavy atom. The minimum absolute atomic E-state index is 0.0506. The zero-order valence-corrected chi connectivity index (χ0v) is 22.3. The van der Waals surface area contributed by atoms with Gasteiger partial charge in [-0.25, -0.2) is 0 Å². The smallest absolute Gasteiger partial charge is 0.321 e. The Labute approximate surface area is 222 Å². The molecule has 2 aromatic rings. The third kappa shape index (κ3) is 4.79. The molecule has 1 aromatic carbocycles. The van der Waals surface area contributed by atoms with Gasteiger partial charge in [0.1, 0.15) is 18.0 Å². The molecule has 202 valence electrons. The number of likely N-dealkylation sites (N-methyl/N-ethyl adjacent to an activating group) is 1. The van der Waals surface area contributed by atoms with Crippen LogP contribution in [-0.2, 0) is 18.9 Å². The van der Waals surface area contributed by atoms with E-state index in [1.54, 1.807) is 28.5 Å². The highest BCUT2D eigenvalue weighted by Crippen LogP contribution is 2.48. The molecule has 1 saturated carbocycles. The summed E-state index contributed by atoms with van der Waals surface area (Å²) in [5.74, 6) is 1.42. The second-order valence-electron chi connectivity index (χ2n) is 10.5. The number of rotatable bonds is 9. The summed E-state index contributed by atoms with van der Waals surface area (Å²) in [4.78, 5) is 5.51. The first-order valence-electron chi connectivity index (χ1n) is 13.3. The molecule has 0 bridgehead atoms. The van der Waals surface area contributed by atoms with E-state index in [0.29, 0.717) is 17.9 Å². The van der Waals surface area contributed by atoms with Crippen molar-refractivity contribution in [3.63, 3.8) is 0 Å². The van der Waals surface area contributed by atoms with Gasteiger partial charge in [-0.1, -0.05) is 39.0 Å². The number of hydrogen-bond acceptors (Lipinski definition) is 5. The maximum absolute atomic E-state index is 14.2. The molecule has 0 radical (unpaired) electrons. The van der Waals surface area contributed by atoms with Gasteiger partial charge in [-0.05, 0) is 61.7 Å². The van der Waals surface area contributed by atoms with Crippen LogP contribution < -0.4 is 4.90 Å². The van der Waals surface area contributed by atoms with Crippen LogP contribution >= 0.6 is 0 Å². The normalized spacial score (nSPS) is 18.8. The molecule has 9 heteroatoms. The predicted molar refractivity (Wildman–Crippen MR) is 143 cm³/mol. The molecular weight excluding hydrogens is 489 g/mol. The fourth-order valence-corrected chi connectivity index (χ4v) is 5.71. The van der Waals surface area contributed by atoms with Crippen LogP contribution in [0.1, 0.15) is 50.9 Å². The van der Waals surface area contributed by atoms with Gasteiger partial charge in [0.25, 0.3) is 0 Å². The first-order valence-corrected chi connectivity index (χ1v) is 13.3. The van der Waals surface area contributed by atoms with E-state index in [1.165, 1.54) is 11.6 Å². The molecule has 0 unspecified atom stereocenters. The first kappa shape index (κ1) is 26.3. The summed E-state index contributed by atoms with van der Waals surface area (Å²) in [5.41, 5.74) is 2.01. The molecule has 0 amide bonds. The van der Waals surface area contributed by atoms with Crippen molar-refractivity contribution < 1.29 is 13.2 Å². The zero-order chi connectivity index (χ0) is 27.1. The predicted octanol–water partition coefficient (Wildman–Crippen LogP) is 6.03. The Balaban J connectivity index is 1.46. The minimum Gasteiger partial charge on any atom is -0.321 e. The van der Waals surface area contributed by atoms with Gasteiger partial charge in [0.05, 0.1) is 11.3 Å². The average molecular weight is 525 g/mol. The van der Waals surface area contributed by atoms with Crippen molar-refractivity contribution in [2.75, 3.05) is 24.5 Å². The van der Waals surface area contributed by atoms with Crippen molar-refractivity contribution in [1.82, 2.24) is 24.6 Å². The van der Waals surface area contributed by atoms with Gasteiger partial charge in [0.15, 0.2) is 0 Å². The molecule has 2 aliphatic heterocycles. The lowest BCUT2D eigenvalue weighted by Gasteiger charge is -2.42. The van der Waals surface area contributed by atoms with Gasteiger partial charge in [0.2, 0.25) is 0 Å². The Bertz CT molecular complexity index is 1300. The summed E-state index contributed by atoms with van der Waals surface area (Å²) in [6.45, 7) is 10.4. The summed E-state index contributed by atoms with van der Waals surface area (Å²) >= 11 is 0. The lowest BCUT2D eigenvalue weighted by Crippen LogP contribution is -2.37. The number of nitrogens with zero attached hydrogens (tertiary/aromatic N) is 6. The molecule has 0 saturated heterocycles. The van der Waals surface area contributed by atoms with Crippen LogP contribution in [0.5, 0.6) is 0 Å². The van der Waals surface area contributed by atoms with Crippen LogP contribution in [0, 0.1) is 0 Å². The van der Waals surface area contributed by atoms with Crippen LogP contribution in [0.25, 0.3) is 0 Å². The number of fused-ring (bicyclic) bond motifs is 1. The molecule has 6 nitrogen and oxygen atoms in total. The Morgan fingerprint density at radius 3 is 2.53 bits per heavy atom. The number of anilines is 1. The summed E-state index contributed by atoms with van der Waals surface area (Å²) in [7, 11) is 1.95.